The molecule has 0 radical (unpaired) electrons. The Morgan fingerprint density at radius 2 is 1.77 bits per heavy atom. The average molecular weight is 405 g/mol. The summed E-state index contributed by atoms with van der Waals surface area (Å²) < 4.78 is 14.6. The summed E-state index contributed by atoms with van der Waals surface area (Å²) in [6.45, 7) is 1.87. The number of rotatable bonds is 4. The summed E-state index contributed by atoms with van der Waals surface area (Å²) in [6, 6.07) is 14.0. The summed E-state index contributed by atoms with van der Waals surface area (Å²) in [5.74, 6) is 0.754. The van der Waals surface area contributed by atoms with Crippen LogP contribution in [0.25, 0.3) is 10.9 Å². The first-order chi connectivity index (χ1) is 14.6. The van der Waals surface area contributed by atoms with Gasteiger partial charge in [0.05, 0.1) is 10.9 Å². The van der Waals surface area contributed by atoms with Crippen LogP contribution in [0.1, 0.15) is 30.7 Å². The maximum atomic E-state index is 13.3. The SMILES string of the molecule is O=c1[nH]c2ccccc2c(=O)n1CCN1C=C2CCC(c3ccc(F)cc3)C2CC1. The van der Waals surface area contributed by atoms with Crippen molar-refractivity contribution >= 4 is 10.9 Å². The van der Waals surface area contributed by atoms with Crippen molar-refractivity contribution in [3.05, 3.63) is 92.5 Å². The maximum absolute atomic E-state index is 13.3. The number of fused-ring (bicyclic) bond motifs is 2. The quantitative estimate of drug-likeness (QED) is 0.721. The minimum Gasteiger partial charge on any atom is -0.376 e. The van der Waals surface area contributed by atoms with E-state index in [1.165, 1.54) is 15.7 Å². The van der Waals surface area contributed by atoms with Crippen LogP contribution in [0.15, 0.2) is 69.9 Å². The third kappa shape index (κ3) is 3.36. The van der Waals surface area contributed by atoms with Gasteiger partial charge in [0.25, 0.3) is 5.56 Å². The van der Waals surface area contributed by atoms with E-state index in [2.05, 4.69) is 16.1 Å². The summed E-state index contributed by atoms with van der Waals surface area (Å²) in [6.07, 6.45) is 5.38. The molecule has 2 heterocycles. The Balaban J connectivity index is 1.32. The molecule has 154 valence electrons. The second-order valence-electron chi connectivity index (χ2n) is 8.26. The van der Waals surface area contributed by atoms with Gasteiger partial charge < -0.3 is 9.88 Å². The molecule has 1 aromatic heterocycles. The molecule has 0 spiro atoms. The van der Waals surface area contributed by atoms with Gasteiger partial charge in [-0.3, -0.25) is 9.36 Å². The highest BCUT2D eigenvalue weighted by Gasteiger charge is 2.35. The van der Waals surface area contributed by atoms with Crippen molar-refractivity contribution in [2.45, 2.75) is 31.7 Å². The average Bonchev–Trinajstić information content (AvgIpc) is 3.17. The molecule has 2 aliphatic rings. The van der Waals surface area contributed by atoms with Gasteiger partial charge >= 0.3 is 5.69 Å². The summed E-state index contributed by atoms with van der Waals surface area (Å²) in [5.41, 5.74) is 2.61. The molecule has 30 heavy (non-hydrogen) atoms. The van der Waals surface area contributed by atoms with Crippen LogP contribution in [0.2, 0.25) is 0 Å². The predicted molar refractivity (Wildman–Crippen MR) is 115 cm³/mol. The Bertz CT molecular complexity index is 1230. The monoisotopic (exact) mass is 405 g/mol. The van der Waals surface area contributed by atoms with E-state index in [4.69, 9.17) is 0 Å². The van der Waals surface area contributed by atoms with E-state index in [1.807, 2.05) is 12.1 Å². The van der Waals surface area contributed by atoms with Crippen molar-refractivity contribution in [1.82, 2.24) is 14.5 Å². The molecule has 0 bridgehead atoms. The molecule has 2 aromatic carbocycles. The van der Waals surface area contributed by atoms with Crippen LogP contribution >= 0.6 is 0 Å². The number of para-hydroxylation sites is 1. The molecular formula is C24H24FN3O2. The fraction of sp³-hybridized carbons (Fsp3) is 0.333. The molecule has 2 unspecified atom stereocenters. The smallest absolute Gasteiger partial charge is 0.328 e. The summed E-state index contributed by atoms with van der Waals surface area (Å²) >= 11 is 0. The molecular weight excluding hydrogens is 381 g/mol. The van der Waals surface area contributed by atoms with Crippen molar-refractivity contribution in [2.24, 2.45) is 5.92 Å². The minimum absolute atomic E-state index is 0.193. The number of nitrogens with zero attached hydrogens (tertiary/aromatic N) is 2. The lowest BCUT2D eigenvalue weighted by atomic mass is 9.84. The molecule has 0 saturated heterocycles. The van der Waals surface area contributed by atoms with Gasteiger partial charge in [-0.1, -0.05) is 29.8 Å². The van der Waals surface area contributed by atoms with Gasteiger partial charge in [-0.15, -0.1) is 0 Å². The highest BCUT2D eigenvalue weighted by Crippen LogP contribution is 2.46. The van der Waals surface area contributed by atoms with Crippen molar-refractivity contribution in [3.63, 3.8) is 0 Å². The fourth-order valence-corrected chi connectivity index (χ4v) is 5.03. The Morgan fingerprint density at radius 1 is 0.967 bits per heavy atom. The number of H-pyrrole nitrogens is 1. The van der Waals surface area contributed by atoms with Gasteiger partial charge in [-0.2, -0.15) is 0 Å². The zero-order valence-electron chi connectivity index (χ0n) is 16.7. The molecule has 1 aliphatic heterocycles. The molecule has 3 aromatic rings. The van der Waals surface area contributed by atoms with E-state index in [9.17, 15) is 14.0 Å². The van der Waals surface area contributed by atoms with Crippen LogP contribution in [0.3, 0.4) is 0 Å². The highest BCUT2D eigenvalue weighted by atomic mass is 19.1. The highest BCUT2D eigenvalue weighted by molar-refractivity contribution is 5.76. The number of halogens is 1. The summed E-state index contributed by atoms with van der Waals surface area (Å²) in [5, 5.41) is 0.534. The van der Waals surface area contributed by atoms with Crippen molar-refractivity contribution in [2.75, 3.05) is 13.1 Å². The molecule has 6 heteroatoms. The lowest BCUT2D eigenvalue weighted by Crippen LogP contribution is -2.39. The molecule has 1 N–H and O–H groups in total. The minimum atomic E-state index is -0.363. The number of aromatic amines is 1. The lowest BCUT2D eigenvalue weighted by molar-refractivity contribution is 0.294. The van der Waals surface area contributed by atoms with E-state index in [0.717, 1.165) is 25.8 Å². The first kappa shape index (κ1) is 18.9. The summed E-state index contributed by atoms with van der Waals surface area (Å²) in [4.78, 5) is 30.1. The van der Waals surface area contributed by atoms with Crippen LogP contribution in [-0.4, -0.2) is 27.5 Å². The van der Waals surface area contributed by atoms with Gasteiger partial charge in [-0.05, 0) is 67.1 Å². The van der Waals surface area contributed by atoms with E-state index >= 15 is 0 Å². The maximum Gasteiger partial charge on any atom is 0.328 e. The molecule has 2 atom stereocenters. The van der Waals surface area contributed by atoms with Gasteiger partial charge in [-0.25, -0.2) is 9.18 Å². The number of hydrogen-bond donors (Lipinski definition) is 1. The van der Waals surface area contributed by atoms with E-state index in [1.54, 1.807) is 36.4 Å². The lowest BCUT2D eigenvalue weighted by Gasteiger charge is -2.32. The van der Waals surface area contributed by atoms with Crippen molar-refractivity contribution in [1.29, 1.82) is 0 Å². The number of hydrogen-bond acceptors (Lipinski definition) is 3. The van der Waals surface area contributed by atoms with Crippen LogP contribution in [0.5, 0.6) is 0 Å². The number of benzene rings is 2. The van der Waals surface area contributed by atoms with Gasteiger partial charge in [0.15, 0.2) is 0 Å². The van der Waals surface area contributed by atoms with E-state index in [0.29, 0.717) is 35.8 Å². The van der Waals surface area contributed by atoms with Crippen molar-refractivity contribution < 1.29 is 4.39 Å². The third-order valence-corrected chi connectivity index (χ3v) is 6.58. The van der Waals surface area contributed by atoms with Gasteiger partial charge in [0.1, 0.15) is 5.82 Å². The van der Waals surface area contributed by atoms with Gasteiger partial charge in [0, 0.05) is 19.6 Å². The van der Waals surface area contributed by atoms with Gasteiger partial charge in [0.2, 0.25) is 0 Å². The van der Waals surface area contributed by atoms with Crippen molar-refractivity contribution in [3.8, 4) is 0 Å². The second-order valence-corrected chi connectivity index (χ2v) is 8.26. The number of allylic oxidation sites excluding steroid dienone is 1. The van der Waals surface area contributed by atoms with E-state index < -0.39 is 0 Å². The fourth-order valence-electron chi connectivity index (χ4n) is 5.03. The van der Waals surface area contributed by atoms with Crippen LogP contribution in [0, 0.1) is 11.7 Å². The number of aromatic nitrogens is 2. The predicted octanol–water partition coefficient (Wildman–Crippen LogP) is 3.61. The Morgan fingerprint density at radius 3 is 2.60 bits per heavy atom. The molecule has 1 saturated carbocycles. The van der Waals surface area contributed by atoms with Crippen LogP contribution in [0.4, 0.5) is 4.39 Å². The van der Waals surface area contributed by atoms with Crippen LogP contribution in [-0.2, 0) is 6.54 Å². The number of nitrogens with one attached hydrogen (secondary N) is 1. The zero-order chi connectivity index (χ0) is 20.7. The largest absolute Gasteiger partial charge is 0.376 e. The third-order valence-electron chi connectivity index (χ3n) is 6.58. The standard InChI is InChI=1S/C24H24FN3O2/c25-18-8-5-16(6-9-18)19-10-7-17-15-27(12-11-20(17)19)13-14-28-23(29)21-3-1-2-4-22(21)26-24(28)30/h1-6,8-9,15,19-20H,7,10-14H2,(H,26,30). The first-order valence-electron chi connectivity index (χ1n) is 10.5. The Labute approximate surface area is 173 Å². The Hall–Kier alpha value is -3.15. The zero-order valence-corrected chi connectivity index (χ0v) is 16.7. The normalized spacial score (nSPS) is 21.0. The Kier molecular flexibility index (Phi) is 4.77. The molecule has 1 fully saturated rings. The molecule has 1 aliphatic carbocycles. The van der Waals surface area contributed by atoms with Crippen LogP contribution < -0.4 is 11.2 Å². The summed E-state index contributed by atoms with van der Waals surface area (Å²) in [7, 11) is 0. The second kappa shape index (κ2) is 7.59. The molecule has 5 rings (SSSR count). The first-order valence-corrected chi connectivity index (χ1v) is 10.5. The van der Waals surface area contributed by atoms with E-state index in [-0.39, 0.29) is 17.1 Å². The molecule has 5 nitrogen and oxygen atoms in total. The molecule has 0 amide bonds. The topological polar surface area (TPSA) is 58.1 Å².